The minimum atomic E-state index is -0.00194. The SMILES string of the molecule is C=Cc1ccc(C)cc1N1c2ccccc2CC1N. The summed E-state index contributed by atoms with van der Waals surface area (Å²) in [4.78, 5) is 2.22. The van der Waals surface area contributed by atoms with Gasteiger partial charge in [-0.3, -0.25) is 0 Å². The van der Waals surface area contributed by atoms with Crippen LogP contribution in [0.2, 0.25) is 0 Å². The topological polar surface area (TPSA) is 29.3 Å². The van der Waals surface area contributed by atoms with Gasteiger partial charge in [0.2, 0.25) is 0 Å². The normalized spacial score (nSPS) is 17.4. The van der Waals surface area contributed by atoms with Crippen molar-refractivity contribution in [2.75, 3.05) is 4.90 Å². The number of benzene rings is 2. The molecule has 1 aliphatic heterocycles. The van der Waals surface area contributed by atoms with E-state index in [1.807, 2.05) is 6.08 Å². The third-order valence-electron chi connectivity index (χ3n) is 3.68. The molecule has 0 fully saturated rings. The Balaban J connectivity index is 2.17. The number of fused-ring (bicyclic) bond motifs is 1. The molecule has 2 heteroatoms. The van der Waals surface area contributed by atoms with E-state index in [2.05, 4.69) is 60.9 Å². The maximum Gasteiger partial charge on any atom is 0.0862 e. The molecule has 1 unspecified atom stereocenters. The Morgan fingerprint density at radius 1 is 1.21 bits per heavy atom. The molecule has 0 saturated carbocycles. The van der Waals surface area contributed by atoms with Gasteiger partial charge in [-0.2, -0.15) is 0 Å². The van der Waals surface area contributed by atoms with Crippen LogP contribution in [0.4, 0.5) is 11.4 Å². The van der Waals surface area contributed by atoms with Gasteiger partial charge >= 0.3 is 0 Å². The number of aryl methyl sites for hydroxylation is 1. The Morgan fingerprint density at radius 2 is 2.00 bits per heavy atom. The first kappa shape index (κ1) is 12.0. The highest BCUT2D eigenvalue weighted by atomic mass is 15.2. The molecular weight excluding hydrogens is 232 g/mol. The molecule has 2 aromatic carbocycles. The highest BCUT2D eigenvalue weighted by molar-refractivity contribution is 5.78. The van der Waals surface area contributed by atoms with Gasteiger partial charge < -0.3 is 10.6 Å². The third kappa shape index (κ3) is 1.94. The summed E-state index contributed by atoms with van der Waals surface area (Å²) >= 11 is 0. The van der Waals surface area contributed by atoms with Gasteiger partial charge in [0.25, 0.3) is 0 Å². The average molecular weight is 250 g/mol. The minimum absolute atomic E-state index is 0.00194. The summed E-state index contributed by atoms with van der Waals surface area (Å²) in [6, 6.07) is 14.8. The van der Waals surface area contributed by atoms with E-state index in [1.165, 1.54) is 16.8 Å². The van der Waals surface area contributed by atoms with Crippen LogP contribution in [0.1, 0.15) is 16.7 Å². The summed E-state index contributed by atoms with van der Waals surface area (Å²) in [5.74, 6) is 0. The second-order valence-electron chi connectivity index (χ2n) is 5.04. The van der Waals surface area contributed by atoms with E-state index in [0.717, 1.165) is 17.7 Å². The molecule has 0 aliphatic carbocycles. The summed E-state index contributed by atoms with van der Waals surface area (Å²) < 4.78 is 0. The molecule has 0 aromatic heterocycles. The lowest BCUT2D eigenvalue weighted by Crippen LogP contribution is -2.36. The summed E-state index contributed by atoms with van der Waals surface area (Å²) in [5.41, 5.74) is 12.4. The lowest BCUT2D eigenvalue weighted by atomic mass is 10.1. The molecule has 0 radical (unpaired) electrons. The lowest BCUT2D eigenvalue weighted by Gasteiger charge is -2.27. The smallest absolute Gasteiger partial charge is 0.0862 e. The molecule has 3 rings (SSSR count). The van der Waals surface area contributed by atoms with Crippen LogP contribution in [-0.4, -0.2) is 6.17 Å². The van der Waals surface area contributed by atoms with E-state index in [0.29, 0.717) is 0 Å². The van der Waals surface area contributed by atoms with Gasteiger partial charge in [0.05, 0.1) is 11.9 Å². The van der Waals surface area contributed by atoms with Gasteiger partial charge in [-0.05, 0) is 35.7 Å². The third-order valence-corrected chi connectivity index (χ3v) is 3.68. The molecule has 0 bridgehead atoms. The maximum atomic E-state index is 6.33. The first-order valence-corrected chi connectivity index (χ1v) is 6.56. The minimum Gasteiger partial charge on any atom is -0.324 e. The van der Waals surface area contributed by atoms with E-state index in [4.69, 9.17) is 5.73 Å². The van der Waals surface area contributed by atoms with Crippen LogP contribution in [0.25, 0.3) is 6.08 Å². The van der Waals surface area contributed by atoms with Gasteiger partial charge in [0, 0.05) is 12.1 Å². The van der Waals surface area contributed by atoms with Gasteiger partial charge in [-0.1, -0.05) is 43.0 Å². The van der Waals surface area contributed by atoms with Crippen molar-refractivity contribution in [3.63, 3.8) is 0 Å². The number of rotatable bonds is 2. The molecule has 0 spiro atoms. The van der Waals surface area contributed by atoms with Crippen LogP contribution < -0.4 is 10.6 Å². The van der Waals surface area contributed by atoms with E-state index >= 15 is 0 Å². The largest absolute Gasteiger partial charge is 0.324 e. The Kier molecular flexibility index (Phi) is 2.88. The predicted molar refractivity (Wildman–Crippen MR) is 81.5 cm³/mol. The molecule has 0 amide bonds. The monoisotopic (exact) mass is 250 g/mol. The number of hydrogen-bond acceptors (Lipinski definition) is 2. The first-order valence-electron chi connectivity index (χ1n) is 6.56. The number of anilines is 2. The molecule has 2 nitrogen and oxygen atoms in total. The summed E-state index contributed by atoms with van der Waals surface area (Å²) in [7, 11) is 0. The Morgan fingerprint density at radius 3 is 2.79 bits per heavy atom. The van der Waals surface area contributed by atoms with Gasteiger partial charge in [-0.25, -0.2) is 0 Å². The van der Waals surface area contributed by atoms with Gasteiger partial charge in [0.15, 0.2) is 0 Å². The highest BCUT2D eigenvalue weighted by Gasteiger charge is 2.28. The standard InChI is InChI=1S/C17H18N2/c1-3-13-9-8-12(2)10-16(13)19-15-7-5-4-6-14(15)11-17(19)18/h3-10,17H,1,11,18H2,2H3. The van der Waals surface area contributed by atoms with Crippen molar-refractivity contribution in [2.24, 2.45) is 5.73 Å². The van der Waals surface area contributed by atoms with Crippen molar-refractivity contribution in [3.05, 3.63) is 65.7 Å². The number of nitrogens with zero attached hydrogens (tertiary/aromatic N) is 1. The van der Waals surface area contributed by atoms with Crippen molar-refractivity contribution in [2.45, 2.75) is 19.5 Å². The fraction of sp³-hybridized carbons (Fsp3) is 0.176. The van der Waals surface area contributed by atoms with Crippen molar-refractivity contribution < 1.29 is 0 Å². The molecule has 1 aliphatic rings. The second-order valence-corrected chi connectivity index (χ2v) is 5.04. The molecule has 2 N–H and O–H groups in total. The van der Waals surface area contributed by atoms with E-state index in [9.17, 15) is 0 Å². The molecule has 1 atom stereocenters. The molecule has 96 valence electrons. The number of nitrogens with two attached hydrogens (primary N) is 1. The molecular formula is C17H18N2. The zero-order valence-corrected chi connectivity index (χ0v) is 11.1. The Labute approximate surface area is 114 Å². The van der Waals surface area contributed by atoms with Gasteiger partial charge in [0.1, 0.15) is 0 Å². The van der Waals surface area contributed by atoms with Crippen LogP contribution in [0.3, 0.4) is 0 Å². The summed E-state index contributed by atoms with van der Waals surface area (Å²) in [6.07, 6.45) is 2.78. The van der Waals surface area contributed by atoms with E-state index in [1.54, 1.807) is 0 Å². The van der Waals surface area contributed by atoms with Crippen molar-refractivity contribution >= 4 is 17.5 Å². The zero-order chi connectivity index (χ0) is 13.4. The van der Waals surface area contributed by atoms with E-state index in [-0.39, 0.29) is 6.17 Å². The van der Waals surface area contributed by atoms with Crippen molar-refractivity contribution in [1.29, 1.82) is 0 Å². The Hall–Kier alpha value is -2.06. The van der Waals surface area contributed by atoms with Crippen molar-refractivity contribution in [1.82, 2.24) is 0 Å². The fourth-order valence-corrected chi connectivity index (χ4v) is 2.76. The molecule has 1 heterocycles. The first-order chi connectivity index (χ1) is 9.20. The maximum absolute atomic E-state index is 6.33. The zero-order valence-electron chi connectivity index (χ0n) is 11.1. The second kappa shape index (κ2) is 4.56. The lowest BCUT2D eigenvalue weighted by molar-refractivity contribution is 0.722. The van der Waals surface area contributed by atoms with Crippen LogP contribution in [0.5, 0.6) is 0 Å². The molecule has 19 heavy (non-hydrogen) atoms. The number of hydrogen-bond donors (Lipinski definition) is 1. The van der Waals surface area contributed by atoms with Gasteiger partial charge in [-0.15, -0.1) is 0 Å². The molecule has 2 aromatic rings. The molecule has 0 saturated heterocycles. The quantitative estimate of drug-likeness (QED) is 0.882. The predicted octanol–water partition coefficient (Wildman–Crippen LogP) is 3.62. The van der Waals surface area contributed by atoms with Crippen LogP contribution in [0.15, 0.2) is 49.0 Å². The summed E-state index contributed by atoms with van der Waals surface area (Å²) in [5, 5.41) is 0. The van der Waals surface area contributed by atoms with Crippen LogP contribution >= 0.6 is 0 Å². The van der Waals surface area contributed by atoms with Crippen LogP contribution in [-0.2, 0) is 6.42 Å². The van der Waals surface area contributed by atoms with Crippen molar-refractivity contribution in [3.8, 4) is 0 Å². The van der Waals surface area contributed by atoms with E-state index < -0.39 is 0 Å². The highest BCUT2D eigenvalue weighted by Crippen LogP contribution is 2.38. The summed E-state index contributed by atoms with van der Waals surface area (Å²) in [6.45, 7) is 6.01. The number of para-hydroxylation sites is 1. The fourth-order valence-electron chi connectivity index (χ4n) is 2.76. The average Bonchev–Trinajstić information content (AvgIpc) is 2.74. The Bertz CT molecular complexity index is 631. The van der Waals surface area contributed by atoms with Crippen LogP contribution in [0, 0.1) is 6.92 Å².